The van der Waals surface area contributed by atoms with Crippen molar-refractivity contribution in [2.24, 2.45) is 0 Å². The van der Waals surface area contributed by atoms with E-state index < -0.39 is 16.1 Å². The molecule has 1 heterocycles. The number of aliphatic hydroxyl groups is 1. The predicted molar refractivity (Wildman–Crippen MR) is 82.8 cm³/mol. The molecular weight excluding hydrogens is 304 g/mol. The standard InChI is InChI=1S/C15H20N2O4S/c1-11(18)9-10-17(3)22(19,20)15-14(21-12(2)16-15)13-7-5-4-6-8-13/h4-8,11,18H,9-10H2,1-3H3. The maximum absolute atomic E-state index is 12.7. The van der Waals surface area contributed by atoms with Gasteiger partial charge in [0.25, 0.3) is 10.0 Å². The zero-order chi connectivity index (χ0) is 16.3. The van der Waals surface area contributed by atoms with Crippen LogP contribution in [-0.4, -0.2) is 42.5 Å². The number of rotatable bonds is 6. The Labute approximate surface area is 130 Å². The van der Waals surface area contributed by atoms with E-state index in [1.165, 1.54) is 11.4 Å². The van der Waals surface area contributed by atoms with E-state index >= 15 is 0 Å². The van der Waals surface area contributed by atoms with Crippen molar-refractivity contribution in [3.8, 4) is 11.3 Å². The summed E-state index contributed by atoms with van der Waals surface area (Å²) in [7, 11) is -2.31. The molecule has 0 saturated heterocycles. The third kappa shape index (κ3) is 3.55. The van der Waals surface area contributed by atoms with Gasteiger partial charge in [0.05, 0.1) is 6.10 Å². The van der Waals surface area contributed by atoms with Crippen LogP contribution in [-0.2, 0) is 10.0 Å². The van der Waals surface area contributed by atoms with E-state index in [1.54, 1.807) is 38.1 Å². The smallest absolute Gasteiger partial charge is 0.264 e. The van der Waals surface area contributed by atoms with Crippen molar-refractivity contribution in [2.45, 2.75) is 31.4 Å². The Morgan fingerprint density at radius 2 is 1.95 bits per heavy atom. The molecule has 1 unspecified atom stereocenters. The van der Waals surface area contributed by atoms with Crippen LogP contribution >= 0.6 is 0 Å². The summed E-state index contributed by atoms with van der Waals surface area (Å²) in [6.45, 7) is 3.44. The minimum atomic E-state index is -3.78. The molecule has 120 valence electrons. The molecule has 1 atom stereocenters. The topological polar surface area (TPSA) is 83.6 Å². The molecule has 22 heavy (non-hydrogen) atoms. The van der Waals surface area contributed by atoms with Crippen LogP contribution < -0.4 is 0 Å². The third-order valence-electron chi connectivity index (χ3n) is 3.26. The van der Waals surface area contributed by atoms with E-state index in [-0.39, 0.29) is 17.3 Å². The van der Waals surface area contributed by atoms with Crippen molar-refractivity contribution in [1.82, 2.24) is 9.29 Å². The Kier molecular flexibility index (Phi) is 5.00. The average Bonchev–Trinajstić information content (AvgIpc) is 2.88. The van der Waals surface area contributed by atoms with Gasteiger partial charge < -0.3 is 9.52 Å². The van der Waals surface area contributed by atoms with E-state index in [9.17, 15) is 13.5 Å². The number of benzene rings is 1. The molecule has 1 N–H and O–H groups in total. The summed E-state index contributed by atoms with van der Waals surface area (Å²) < 4.78 is 32.0. The largest absolute Gasteiger partial charge is 0.440 e. The van der Waals surface area contributed by atoms with Gasteiger partial charge in [-0.3, -0.25) is 0 Å². The second-order valence-corrected chi connectivity index (χ2v) is 7.16. The SMILES string of the molecule is Cc1nc(S(=O)(=O)N(C)CCC(C)O)c(-c2ccccc2)o1. The molecule has 6 nitrogen and oxygen atoms in total. The number of hydrogen-bond acceptors (Lipinski definition) is 5. The van der Waals surface area contributed by atoms with Gasteiger partial charge in [0.2, 0.25) is 5.03 Å². The fourth-order valence-electron chi connectivity index (χ4n) is 1.99. The molecule has 0 amide bonds. The van der Waals surface area contributed by atoms with Crippen molar-refractivity contribution < 1.29 is 17.9 Å². The molecule has 0 spiro atoms. The van der Waals surface area contributed by atoms with Gasteiger partial charge in [0.1, 0.15) is 0 Å². The molecule has 0 saturated carbocycles. The normalized spacial score (nSPS) is 13.5. The number of aliphatic hydroxyl groups excluding tert-OH is 1. The van der Waals surface area contributed by atoms with Crippen LogP contribution in [0.3, 0.4) is 0 Å². The van der Waals surface area contributed by atoms with E-state index in [0.717, 1.165) is 0 Å². The quantitative estimate of drug-likeness (QED) is 0.879. The molecular formula is C15H20N2O4S. The number of hydrogen-bond donors (Lipinski definition) is 1. The van der Waals surface area contributed by atoms with Gasteiger partial charge in [-0.2, -0.15) is 4.31 Å². The first-order valence-electron chi connectivity index (χ1n) is 6.99. The van der Waals surface area contributed by atoms with Crippen molar-refractivity contribution in [3.05, 3.63) is 36.2 Å². The molecule has 1 aromatic heterocycles. The number of sulfonamides is 1. The summed E-state index contributed by atoms with van der Waals surface area (Å²) in [5, 5.41) is 9.23. The molecule has 0 fully saturated rings. The van der Waals surface area contributed by atoms with Crippen LogP contribution in [0.25, 0.3) is 11.3 Å². The van der Waals surface area contributed by atoms with Crippen LogP contribution in [0.1, 0.15) is 19.2 Å². The van der Waals surface area contributed by atoms with Crippen LogP contribution in [0.4, 0.5) is 0 Å². The maximum atomic E-state index is 12.7. The molecule has 2 rings (SSSR count). The van der Waals surface area contributed by atoms with Crippen LogP contribution in [0.15, 0.2) is 39.8 Å². The molecule has 0 aliphatic rings. The minimum Gasteiger partial charge on any atom is -0.440 e. The number of aryl methyl sites for hydroxylation is 1. The fraction of sp³-hybridized carbons (Fsp3) is 0.400. The number of aromatic nitrogens is 1. The van der Waals surface area contributed by atoms with E-state index in [0.29, 0.717) is 17.9 Å². The molecule has 0 aliphatic carbocycles. The van der Waals surface area contributed by atoms with Crippen molar-refractivity contribution in [3.63, 3.8) is 0 Å². The lowest BCUT2D eigenvalue weighted by Crippen LogP contribution is -2.30. The second-order valence-electron chi connectivity index (χ2n) is 5.20. The van der Waals surface area contributed by atoms with Crippen LogP contribution in [0.2, 0.25) is 0 Å². The molecule has 7 heteroatoms. The maximum Gasteiger partial charge on any atom is 0.264 e. The summed E-state index contributed by atoms with van der Waals surface area (Å²) in [4.78, 5) is 4.05. The zero-order valence-corrected chi connectivity index (χ0v) is 13.7. The highest BCUT2D eigenvalue weighted by Gasteiger charge is 2.29. The van der Waals surface area contributed by atoms with E-state index in [1.807, 2.05) is 6.07 Å². The molecule has 1 aromatic carbocycles. The van der Waals surface area contributed by atoms with Gasteiger partial charge in [-0.25, -0.2) is 13.4 Å². The highest BCUT2D eigenvalue weighted by atomic mass is 32.2. The third-order valence-corrected chi connectivity index (χ3v) is 5.02. The minimum absolute atomic E-state index is 0.0932. The van der Waals surface area contributed by atoms with Gasteiger partial charge in [-0.05, 0) is 13.3 Å². The fourth-order valence-corrected chi connectivity index (χ4v) is 3.27. The lowest BCUT2D eigenvalue weighted by Gasteiger charge is -2.16. The molecule has 2 aromatic rings. The Morgan fingerprint density at radius 1 is 1.32 bits per heavy atom. The Hall–Kier alpha value is -1.70. The van der Waals surface area contributed by atoms with Crippen LogP contribution in [0.5, 0.6) is 0 Å². The van der Waals surface area contributed by atoms with Gasteiger partial charge in [-0.15, -0.1) is 0 Å². The Bertz CT molecular complexity index is 723. The summed E-state index contributed by atoms with van der Waals surface area (Å²) in [5.41, 5.74) is 0.658. The molecule has 0 aliphatic heterocycles. The summed E-state index contributed by atoms with van der Waals surface area (Å²) in [6, 6.07) is 9.00. The summed E-state index contributed by atoms with van der Waals surface area (Å²) in [6.07, 6.45) is -0.210. The van der Waals surface area contributed by atoms with Crippen molar-refractivity contribution in [2.75, 3.05) is 13.6 Å². The Balaban J connectivity index is 2.40. The first-order chi connectivity index (χ1) is 10.3. The van der Waals surface area contributed by atoms with E-state index in [4.69, 9.17) is 4.42 Å². The van der Waals surface area contributed by atoms with Gasteiger partial charge in [-0.1, -0.05) is 30.3 Å². The van der Waals surface area contributed by atoms with Gasteiger partial charge >= 0.3 is 0 Å². The van der Waals surface area contributed by atoms with Gasteiger partial charge in [0, 0.05) is 26.1 Å². The predicted octanol–water partition coefficient (Wildman–Crippen LogP) is 2.04. The van der Waals surface area contributed by atoms with Crippen molar-refractivity contribution >= 4 is 10.0 Å². The van der Waals surface area contributed by atoms with Crippen molar-refractivity contribution in [1.29, 1.82) is 0 Å². The van der Waals surface area contributed by atoms with E-state index in [2.05, 4.69) is 4.98 Å². The summed E-state index contributed by atoms with van der Waals surface area (Å²) in [5.74, 6) is 0.531. The monoisotopic (exact) mass is 324 g/mol. The van der Waals surface area contributed by atoms with Gasteiger partial charge in [0.15, 0.2) is 11.7 Å². The summed E-state index contributed by atoms with van der Waals surface area (Å²) >= 11 is 0. The lowest BCUT2D eigenvalue weighted by molar-refractivity contribution is 0.177. The van der Waals surface area contributed by atoms with Crippen LogP contribution in [0, 0.1) is 6.92 Å². The highest BCUT2D eigenvalue weighted by Crippen LogP contribution is 2.29. The lowest BCUT2D eigenvalue weighted by atomic mass is 10.2. The number of nitrogens with zero attached hydrogens (tertiary/aromatic N) is 2. The first-order valence-corrected chi connectivity index (χ1v) is 8.43. The Morgan fingerprint density at radius 3 is 2.55 bits per heavy atom. The second kappa shape index (κ2) is 6.60. The zero-order valence-electron chi connectivity index (χ0n) is 12.9. The molecule has 0 bridgehead atoms. The first kappa shape index (κ1) is 16.7. The highest BCUT2D eigenvalue weighted by molar-refractivity contribution is 7.89. The molecule has 0 radical (unpaired) electrons. The number of oxazole rings is 1. The average molecular weight is 324 g/mol.